The summed E-state index contributed by atoms with van der Waals surface area (Å²) in [6, 6.07) is 7.10. The van der Waals surface area contributed by atoms with Crippen molar-refractivity contribution in [2.45, 2.75) is 25.5 Å². The van der Waals surface area contributed by atoms with Crippen LogP contribution in [-0.4, -0.2) is 45.3 Å². The molecule has 2 rings (SSSR count). The summed E-state index contributed by atoms with van der Waals surface area (Å²) in [6.45, 7) is 11.0. The van der Waals surface area contributed by atoms with Gasteiger partial charge in [0.25, 0.3) is 0 Å². The Morgan fingerprint density at radius 1 is 1.48 bits per heavy atom. The van der Waals surface area contributed by atoms with Gasteiger partial charge in [-0.2, -0.15) is 0 Å². The Morgan fingerprint density at radius 3 is 2.87 bits per heavy atom. The molecular weight excluding hydrogens is 312 g/mol. The Bertz CT molecular complexity index is 628. The number of benzene rings is 1. The second-order valence-corrected chi connectivity index (χ2v) is 8.64. The van der Waals surface area contributed by atoms with Gasteiger partial charge in [0, 0.05) is 41.4 Å². The smallest absolute Gasteiger partial charge is 0.321 e. The highest BCUT2D eigenvalue weighted by molar-refractivity contribution is 7.86. The van der Waals surface area contributed by atoms with Crippen molar-refractivity contribution in [3.05, 3.63) is 36.4 Å². The van der Waals surface area contributed by atoms with Crippen molar-refractivity contribution in [3.63, 3.8) is 0 Å². The second kappa shape index (κ2) is 7.17. The van der Waals surface area contributed by atoms with E-state index in [1.54, 1.807) is 11.0 Å². The molecule has 1 unspecified atom stereocenters. The van der Waals surface area contributed by atoms with Crippen molar-refractivity contribution >= 4 is 22.5 Å². The Morgan fingerprint density at radius 2 is 2.22 bits per heavy atom. The van der Waals surface area contributed by atoms with Crippen LogP contribution in [0.1, 0.15) is 20.8 Å². The first-order valence-corrected chi connectivity index (χ1v) is 8.91. The fourth-order valence-corrected chi connectivity index (χ4v) is 3.56. The van der Waals surface area contributed by atoms with E-state index in [-0.39, 0.29) is 10.8 Å². The van der Waals surface area contributed by atoms with Gasteiger partial charge in [0.15, 0.2) is 0 Å². The molecule has 1 N–H and O–H groups in total. The fraction of sp³-hybridized carbons (Fsp3) is 0.471. The Kier molecular flexibility index (Phi) is 5.46. The lowest BCUT2D eigenvalue weighted by Crippen LogP contribution is -2.53. The highest BCUT2D eigenvalue weighted by Gasteiger charge is 2.35. The second-order valence-electron chi connectivity index (χ2n) is 6.43. The van der Waals surface area contributed by atoms with Gasteiger partial charge in [-0.25, -0.2) is 4.79 Å². The third kappa shape index (κ3) is 4.82. The summed E-state index contributed by atoms with van der Waals surface area (Å²) < 4.78 is 17.1. The summed E-state index contributed by atoms with van der Waals surface area (Å²) in [5, 5.41) is 2.88. The summed E-state index contributed by atoms with van der Waals surface area (Å²) in [7, 11) is -0.895. The zero-order chi connectivity index (χ0) is 17.0. The number of carbonyl (C=O) groups excluding carboxylic acids is 1. The monoisotopic (exact) mass is 336 g/mol. The molecule has 1 fully saturated rings. The number of nitrogens with one attached hydrogen (secondary N) is 1. The number of urea groups is 1. The number of anilines is 1. The molecule has 1 aliphatic heterocycles. The number of hydrogen-bond acceptors (Lipinski definition) is 3. The van der Waals surface area contributed by atoms with Gasteiger partial charge in [-0.3, -0.25) is 4.21 Å². The van der Waals surface area contributed by atoms with E-state index in [1.165, 1.54) is 0 Å². The molecule has 5 nitrogen and oxygen atoms in total. The molecule has 0 radical (unpaired) electrons. The normalized spacial score (nSPS) is 20.0. The molecule has 0 aliphatic carbocycles. The molecule has 0 aromatic heterocycles. The quantitative estimate of drug-likeness (QED) is 0.860. The summed E-state index contributed by atoms with van der Waals surface area (Å²) in [4.78, 5) is 14.1. The minimum atomic E-state index is -0.895. The highest BCUT2D eigenvalue weighted by Crippen LogP contribution is 2.22. The van der Waals surface area contributed by atoms with Gasteiger partial charge in [-0.1, -0.05) is 12.6 Å². The number of nitrogens with zero attached hydrogens (tertiary/aromatic N) is 1. The minimum Gasteiger partial charge on any atom is -0.489 e. The fourth-order valence-electron chi connectivity index (χ4n) is 2.33. The van der Waals surface area contributed by atoms with Gasteiger partial charge in [0.1, 0.15) is 12.4 Å². The maximum absolute atomic E-state index is 12.4. The maximum atomic E-state index is 12.4. The molecule has 1 aromatic carbocycles. The van der Waals surface area contributed by atoms with Crippen LogP contribution < -0.4 is 10.1 Å². The average molecular weight is 336 g/mol. The molecule has 1 atom stereocenters. The van der Waals surface area contributed by atoms with Crippen molar-refractivity contribution in [1.82, 2.24) is 4.90 Å². The van der Waals surface area contributed by atoms with Gasteiger partial charge in [-0.05, 0) is 38.5 Å². The molecule has 23 heavy (non-hydrogen) atoms. The van der Waals surface area contributed by atoms with E-state index >= 15 is 0 Å². The van der Waals surface area contributed by atoms with Gasteiger partial charge in [0.05, 0.1) is 4.75 Å². The summed E-state index contributed by atoms with van der Waals surface area (Å²) in [5.74, 6) is 1.20. The topological polar surface area (TPSA) is 58.6 Å². The maximum Gasteiger partial charge on any atom is 0.321 e. The van der Waals surface area contributed by atoms with Crippen molar-refractivity contribution in [3.8, 4) is 5.75 Å². The van der Waals surface area contributed by atoms with E-state index in [2.05, 4.69) is 11.9 Å². The largest absolute Gasteiger partial charge is 0.489 e. The lowest BCUT2D eigenvalue weighted by atomic mass is 10.2. The van der Waals surface area contributed by atoms with Crippen LogP contribution in [0.5, 0.6) is 5.75 Å². The van der Waals surface area contributed by atoms with Crippen molar-refractivity contribution < 1.29 is 13.7 Å². The van der Waals surface area contributed by atoms with E-state index in [1.807, 2.05) is 39.0 Å². The molecule has 0 saturated carbocycles. The van der Waals surface area contributed by atoms with Crippen LogP contribution in [0.2, 0.25) is 0 Å². The summed E-state index contributed by atoms with van der Waals surface area (Å²) in [5.41, 5.74) is 1.61. The number of amides is 2. The molecule has 1 saturated heterocycles. The molecule has 126 valence electrons. The van der Waals surface area contributed by atoms with Crippen molar-refractivity contribution in [1.29, 1.82) is 0 Å². The van der Waals surface area contributed by atoms with E-state index in [0.717, 1.165) is 5.57 Å². The lowest BCUT2D eigenvalue weighted by molar-refractivity contribution is 0.207. The standard InChI is InChI=1S/C17H24N2O3S/c1-13(2)11-22-15-7-5-6-14(10-15)18-16(20)19-8-9-23(21)17(3,4)12-19/h5-7,10H,1,8-9,11-12H2,2-4H3,(H,18,20). The van der Waals surface area contributed by atoms with Crippen LogP contribution >= 0.6 is 0 Å². The van der Waals surface area contributed by atoms with Crippen LogP contribution in [0.25, 0.3) is 0 Å². The average Bonchev–Trinajstić information content (AvgIpc) is 2.48. The molecule has 1 heterocycles. The Labute approximate surface area is 140 Å². The Balaban J connectivity index is 1.99. The SMILES string of the molecule is C=C(C)COc1cccc(NC(=O)N2CCS(=O)C(C)(C)C2)c1. The number of ether oxygens (including phenoxy) is 1. The minimum absolute atomic E-state index is 0.174. The van der Waals surface area contributed by atoms with Crippen LogP contribution in [0.4, 0.5) is 10.5 Å². The zero-order valence-electron chi connectivity index (χ0n) is 13.9. The van der Waals surface area contributed by atoms with Crippen LogP contribution in [0.15, 0.2) is 36.4 Å². The number of rotatable bonds is 4. The third-order valence-electron chi connectivity index (χ3n) is 3.59. The predicted molar refractivity (Wildman–Crippen MR) is 94.4 cm³/mol. The molecule has 1 aliphatic rings. The van der Waals surface area contributed by atoms with E-state index < -0.39 is 10.8 Å². The number of hydrogen-bond donors (Lipinski definition) is 1. The van der Waals surface area contributed by atoms with Gasteiger partial charge < -0.3 is 15.0 Å². The van der Waals surface area contributed by atoms with Crippen LogP contribution in [-0.2, 0) is 10.8 Å². The molecule has 0 spiro atoms. The van der Waals surface area contributed by atoms with Gasteiger partial charge in [0.2, 0.25) is 0 Å². The van der Waals surface area contributed by atoms with Gasteiger partial charge in [-0.15, -0.1) is 0 Å². The highest BCUT2D eigenvalue weighted by atomic mass is 32.2. The Hall–Kier alpha value is -1.82. The molecule has 1 aromatic rings. The third-order valence-corrected chi connectivity index (χ3v) is 5.51. The van der Waals surface area contributed by atoms with E-state index in [4.69, 9.17) is 4.74 Å². The lowest BCUT2D eigenvalue weighted by Gasteiger charge is -2.37. The molecular formula is C17H24N2O3S. The number of carbonyl (C=O) groups is 1. The summed E-state index contributed by atoms with van der Waals surface area (Å²) >= 11 is 0. The first-order valence-electron chi connectivity index (χ1n) is 7.59. The first kappa shape index (κ1) is 17.5. The first-order chi connectivity index (χ1) is 10.8. The van der Waals surface area contributed by atoms with Crippen LogP contribution in [0.3, 0.4) is 0 Å². The summed E-state index contributed by atoms with van der Waals surface area (Å²) in [6.07, 6.45) is 0. The van der Waals surface area contributed by atoms with Crippen molar-refractivity contribution in [2.24, 2.45) is 0 Å². The van der Waals surface area contributed by atoms with E-state index in [0.29, 0.717) is 36.9 Å². The van der Waals surface area contributed by atoms with Gasteiger partial charge >= 0.3 is 6.03 Å². The van der Waals surface area contributed by atoms with Crippen LogP contribution in [0, 0.1) is 0 Å². The van der Waals surface area contributed by atoms with E-state index in [9.17, 15) is 9.00 Å². The molecule has 6 heteroatoms. The molecule has 2 amide bonds. The predicted octanol–water partition coefficient (Wildman–Crippen LogP) is 3.02. The molecule has 0 bridgehead atoms. The zero-order valence-corrected chi connectivity index (χ0v) is 14.7. The van der Waals surface area contributed by atoms with Crippen molar-refractivity contribution in [2.75, 3.05) is 30.8 Å².